The fraction of sp³-hybridized carbons (Fsp3) is 0.217. The summed E-state index contributed by atoms with van der Waals surface area (Å²) in [7, 11) is 0. The SMILES string of the molecule is CC(C)c1cccc(C(=O)Nc2cccc([C@@H](C)Oc3cc(Cl)cnc3N)c2)c1. The Morgan fingerprint density at radius 1 is 1.07 bits per heavy atom. The van der Waals surface area contributed by atoms with E-state index in [1.807, 2.05) is 55.5 Å². The Hall–Kier alpha value is -3.05. The number of nitrogens with two attached hydrogens (primary N) is 1. The predicted octanol–water partition coefficient (Wildman–Crippen LogP) is 5.83. The minimum absolute atomic E-state index is 0.151. The van der Waals surface area contributed by atoms with E-state index in [9.17, 15) is 4.79 Å². The number of amides is 1. The molecule has 1 amide bonds. The Balaban J connectivity index is 1.74. The normalized spacial score (nSPS) is 11.9. The van der Waals surface area contributed by atoms with Crippen molar-refractivity contribution in [3.05, 3.63) is 82.5 Å². The van der Waals surface area contributed by atoms with Crippen molar-refractivity contribution in [2.24, 2.45) is 0 Å². The van der Waals surface area contributed by atoms with Crippen molar-refractivity contribution in [1.29, 1.82) is 0 Å². The Bertz CT molecular complexity index is 1020. The first kappa shape index (κ1) is 20.7. The standard InChI is InChI=1S/C23H24ClN3O2/c1-14(2)16-6-4-8-18(10-16)23(28)27-20-9-5-7-17(11-20)15(3)29-21-12-19(24)13-26-22(21)25/h4-15H,1-3H3,(H2,25,26)(H,27,28)/t15-/m1/s1. The van der Waals surface area contributed by atoms with Gasteiger partial charge in [-0.05, 0) is 48.2 Å². The molecular weight excluding hydrogens is 386 g/mol. The minimum Gasteiger partial charge on any atom is -0.482 e. The summed E-state index contributed by atoms with van der Waals surface area (Å²) in [5.74, 6) is 0.902. The van der Waals surface area contributed by atoms with Crippen LogP contribution in [-0.2, 0) is 0 Å². The molecule has 0 saturated heterocycles. The van der Waals surface area contributed by atoms with Crippen molar-refractivity contribution in [2.75, 3.05) is 11.1 Å². The summed E-state index contributed by atoms with van der Waals surface area (Å²) in [5, 5.41) is 3.40. The van der Waals surface area contributed by atoms with Crippen LogP contribution in [0.4, 0.5) is 11.5 Å². The molecule has 0 spiro atoms. The van der Waals surface area contributed by atoms with Crippen molar-refractivity contribution in [3.8, 4) is 5.75 Å². The highest BCUT2D eigenvalue weighted by atomic mass is 35.5. The molecule has 3 rings (SSSR count). The molecule has 0 fully saturated rings. The molecule has 0 saturated carbocycles. The van der Waals surface area contributed by atoms with Crippen molar-refractivity contribution in [3.63, 3.8) is 0 Å². The number of nitrogens with one attached hydrogen (secondary N) is 1. The number of rotatable bonds is 6. The summed E-state index contributed by atoms with van der Waals surface area (Å²) in [6, 6.07) is 16.8. The molecule has 0 aliphatic carbocycles. The molecule has 150 valence electrons. The zero-order valence-electron chi connectivity index (χ0n) is 16.6. The maximum atomic E-state index is 12.7. The van der Waals surface area contributed by atoms with Crippen molar-refractivity contribution >= 4 is 29.0 Å². The van der Waals surface area contributed by atoms with Crippen LogP contribution >= 0.6 is 11.6 Å². The summed E-state index contributed by atoms with van der Waals surface area (Å²) in [6.45, 7) is 6.10. The first-order valence-corrected chi connectivity index (χ1v) is 9.80. The number of benzene rings is 2. The number of ether oxygens (including phenoxy) is 1. The largest absolute Gasteiger partial charge is 0.482 e. The van der Waals surface area contributed by atoms with E-state index in [0.29, 0.717) is 27.9 Å². The Morgan fingerprint density at radius 3 is 2.55 bits per heavy atom. The molecule has 3 N–H and O–H groups in total. The van der Waals surface area contributed by atoms with Crippen molar-refractivity contribution < 1.29 is 9.53 Å². The molecule has 29 heavy (non-hydrogen) atoms. The van der Waals surface area contributed by atoms with Gasteiger partial charge in [0.15, 0.2) is 11.6 Å². The Morgan fingerprint density at radius 2 is 1.79 bits per heavy atom. The van der Waals surface area contributed by atoms with E-state index < -0.39 is 0 Å². The number of pyridine rings is 1. The lowest BCUT2D eigenvalue weighted by Gasteiger charge is -2.17. The van der Waals surface area contributed by atoms with Gasteiger partial charge in [-0.2, -0.15) is 0 Å². The monoisotopic (exact) mass is 409 g/mol. The number of hydrogen-bond donors (Lipinski definition) is 2. The smallest absolute Gasteiger partial charge is 0.255 e. The van der Waals surface area contributed by atoms with E-state index in [4.69, 9.17) is 22.1 Å². The van der Waals surface area contributed by atoms with E-state index in [1.165, 1.54) is 6.20 Å². The van der Waals surface area contributed by atoms with Gasteiger partial charge in [-0.15, -0.1) is 0 Å². The first-order chi connectivity index (χ1) is 13.8. The highest BCUT2D eigenvalue weighted by Crippen LogP contribution is 2.29. The fourth-order valence-corrected chi connectivity index (χ4v) is 3.04. The van der Waals surface area contributed by atoms with Crippen LogP contribution < -0.4 is 15.8 Å². The number of halogens is 1. The molecule has 6 heteroatoms. The topological polar surface area (TPSA) is 77.2 Å². The lowest BCUT2D eigenvalue weighted by Crippen LogP contribution is -2.13. The lowest BCUT2D eigenvalue weighted by molar-refractivity contribution is 0.102. The molecule has 1 heterocycles. The molecule has 5 nitrogen and oxygen atoms in total. The molecule has 0 radical (unpaired) electrons. The number of anilines is 2. The van der Waals surface area contributed by atoms with E-state index >= 15 is 0 Å². The van der Waals surface area contributed by atoms with Gasteiger partial charge in [0.2, 0.25) is 0 Å². The highest BCUT2D eigenvalue weighted by molar-refractivity contribution is 6.30. The number of nitrogens with zero attached hydrogens (tertiary/aromatic N) is 1. The highest BCUT2D eigenvalue weighted by Gasteiger charge is 2.13. The third-order valence-corrected chi connectivity index (χ3v) is 4.79. The maximum absolute atomic E-state index is 12.7. The molecule has 3 aromatic rings. The number of carbonyl (C=O) groups is 1. The first-order valence-electron chi connectivity index (χ1n) is 9.42. The predicted molar refractivity (Wildman–Crippen MR) is 118 cm³/mol. The van der Waals surface area contributed by atoms with Crippen LogP contribution in [0.1, 0.15) is 54.3 Å². The average molecular weight is 410 g/mol. The van der Waals surface area contributed by atoms with Crippen LogP contribution in [0.2, 0.25) is 5.02 Å². The Kier molecular flexibility index (Phi) is 6.39. The van der Waals surface area contributed by atoms with Gasteiger partial charge in [0, 0.05) is 23.5 Å². The third kappa shape index (κ3) is 5.27. The molecule has 0 aliphatic heterocycles. The molecular formula is C23H24ClN3O2. The van der Waals surface area contributed by atoms with Gasteiger partial charge in [-0.1, -0.05) is 49.7 Å². The average Bonchev–Trinajstić information content (AvgIpc) is 2.71. The maximum Gasteiger partial charge on any atom is 0.255 e. The molecule has 1 atom stereocenters. The van der Waals surface area contributed by atoms with Crippen LogP contribution in [0.25, 0.3) is 0 Å². The number of carbonyl (C=O) groups excluding carboxylic acids is 1. The second kappa shape index (κ2) is 8.97. The van der Waals surface area contributed by atoms with Crippen LogP contribution in [0.5, 0.6) is 5.75 Å². The van der Waals surface area contributed by atoms with Crippen LogP contribution in [0, 0.1) is 0 Å². The van der Waals surface area contributed by atoms with E-state index in [1.54, 1.807) is 6.07 Å². The zero-order chi connectivity index (χ0) is 21.0. The second-order valence-electron chi connectivity index (χ2n) is 7.16. The number of hydrogen-bond acceptors (Lipinski definition) is 4. The van der Waals surface area contributed by atoms with Crippen LogP contribution in [0.3, 0.4) is 0 Å². The number of nitrogen functional groups attached to an aromatic ring is 1. The second-order valence-corrected chi connectivity index (χ2v) is 7.59. The van der Waals surface area contributed by atoms with Gasteiger partial charge in [0.05, 0.1) is 5.02 Å². The minimum atomic E-state index is -0.307. The molecule has 0 unspecified atom stereocenters. The molecule has 1 aromatic heterocycles. The zero-order valence-corrected chi connectivity index (χ0v) is 17.4. The summed E-state index contributed by atoms with van der Waals surface area (Å²) in [5.41, 5.74) is 9.19. The summed E-state index contributed by atoms with van der Waals surface area (Å²) in [4.78, 5) is 16.7. The van der Waals surface area contributed by atoms with Gasteiger partial charge in [0.1, 0.15) is 6.10 Å². The van der Waals surface area contributed by atoms with Gasteiger partial charge in [0.25, 0.3) is 5.91 Å². The molecule has 0 bridgehead atoms. The summed E-state index contributed by atoms with van der Waals surface area (Å²) >= 11 is 5.97. The number of aromatic nitrogens is 1. The third-order valence-electron chi connectivity index (χ3n) is 4.58. The van der Waals surface area contributed by atoms with Gasteiger partial charge in [-0.25, -0.2) is 4.98 Å². The van der Waals surface area contributed by atoms with Gasteiger partial charge >= 0.3 is 0 Å². The van der Waals surface area contributed by atoms with Crippen LogP contribution in [-0.4, -0.2) is 10.9 Å². The summed E-state index contributed by atoms with van der Waals surface area (Å²) in [6.07, 6.45) is 1.16. The molecule has 2 aromatic carbocycles. The van der Waals surface area contributed by atoms with E-state index in [0.717, 1.165) is 11.1 Å². The Labute approximate surface area is 175 Å². The van der Waals surface area contributed by atoms with Crippen LogP contribution in [0.15, 0.2) is 60.8 Å². The fourth-order valence-electron chi connectivity index (χ4n) is 2.90. The van der Waals surface area contributed by atoms with E-state index in [-0.39, 0.29) is 17.8 Å². The quantitative estimate of drug-likeness (QED) is 0.536. The van der Waals surface area contributed by atoms with Crippen molar-refractivity contribution in [1.82, 2.24) is 4.98 Å². The van der Waals surface area contributed by atoms with E-state index in [2.05, 4.69) is 24.1 Å². The molecule has 0 aliphatic rings. The summed E-state index contributed by atoms with van der Waals surface area (Å²) < 4.78 is 5.91. The van der Waals surface area contributed by atoms with Crippen molar-refractivity contribution in [2.45, 2.75) is 32.8 Å². The lowest BCUT2D eigenvalue weighted by atomic mass is 10.0. The van der Waals surface area contributed by atoms with Gasteiger partial charge in [-0.3, -0.25) is 4.79 Å². The van der Waals surface area contributed by atoms with Gasteiger partial charge < -0.3 is 15.8 Å².